The highest BCUT2D eigenvalue weighted by Crippen LogP contribution is 2.33. The van der Waals surface area contributed by atoms with Crippen LogP contribution in [0.3, 0.4) is 0 Å². The molecule has 0 spiro atoms. The summed E-state index contributed by atoms with van der Waals surface area (Å²) >= 11 is 0. The Morgan fingerprint density at radius 1 is 0.905 bits per heavy atom. The van der Waals surface area contributed by atoms with Crippen LogP contribution < -0.4 is 9.62 Å². The summed E-state index contributed by atoms with van der Waals surface area (Å²) in [5, 5.41) is 2.83. The third-order valence-electron chi connectivity index (χ3n) is 6.72. The molecule has 0 saturated carbocycles. The maximum Gasteiger partial charge on any atom is 0.416 e. The van der Waals surface area contributed by atoms with Crippen molar-refractivity contribution in [1.82, 2.24) is 10.2 Å². The number of alkyl halides is 3. The number of benzene rings is 3. The number of sulfonamides is 1. The van der Waals surface area contributed by atoms with Crippen LogP contribution in [0.25, 0.3) is 0 Å². The van der Waals surface area contributed by atoms with Gasteiger partial charge in [-0.2, -0.15) is 13.2 Å². The zero-order chi connectivity index (χ0) is 31.1. The van der Waals surface area contributed by atoms with Gasteiger partial charge in [0.25, 0.3) is 10.0 Å². The van der Waals surface area contributed by atoms with E-state index in [1.54, 1.807) is 19.9 Å². The molecule has 226 valence electrons. The minimum Gasteiger partial charge on any atom is -0.352 e. The minimum absolute atomic E-state index is 0.157. The monoisotopic (exact) mass is 607 g/mol. The average molecular weight is 608 g/mol. The van der Waals surface area contributed by atoms with Crippen LogP contribution in [0.2, 0.25) is 0 Å². The van der Waals surface area contributed by atoms with E-state index in [1.165, 1.54) is 59.5 Å². The quantitative estimate of drug-likeness (QED) is 0.265. The number of anilines is 1. The highest BCUT2D eigenvalue weighted by Gasteiger charge is 2.36. The lowest BCUT2D eigenvalue weighted by atomic mass is 10.1. The highest BCUT2D eigenvalue weighted by atomic mass is 32.2. The molecule has 3 aromatic rings. The maximum atomic E-state index is 14.0. The first kappa shape index (κ1) is 32.6. The molecule has 3 aromatic carbocycles. The van der Waals surface area contributed by atoms with Gasteiger partial charge in [-0.15, -0.1) is 0 Å². The van der Waals surface area contributed by atoms with E-state index >= 15 is 0 Å². The van der Waals surface area contributed by atoms with Crippen molar-refractivity contribution in [2.24, 2.45) is 0 Å². The van der Waals surface area contributed by atoms with Crippen molar-refractivity contribution >= 4 is 27.5 Å². The fraction of sp³-hybridized carbons (Fsp3) is 0.333. The summed E-state index contributed by atoms with van der Waals surface area (Å²) in [6, 6.07) is 14.7. The van der Waals surface area contributed by atoms with Crippen molar-refractivity contribution in [3.63, 3.8) is 0 Å². The molecule has 0 saturated heterocycles. The largest absolute Gasteiger partial charge is 0.416 e. The van der Waals surface area contributed by atoms with Crippen LogP contribution in [0, 0.1) is 5.82 Å². The van der Waals surface area contributed by atoms with Crippen molar-refractivity contribution in [3.8, 4) is 0 Å². The molecule has 0 aliphatic rings. The van der Waals surface area contributed by atoms with Crippen LogP contribution in [0.1, 0.15) is 44.7 Å². The smallest absolute Gasteiger partial charge is 0.352 e. The van der Waals surface area contributed by atoms with Gasteiger partial charge in [-0.3, -0.25) is 13.9 Å². The summed E-state index contributed by atoms with van der Waals surface area (Å²) in [7, 11) is -4.53. The fourth-order valence-corrected chi connectivity index (χ4v) is 5.66. The Labute approximate surface area is 243 Å². The summed E-state index contributed by atoms with van der Waals surface area (Å²) in [5.41, 5.74) is -1.000. The molecule has 1 N–H and O–H groups in total. The highest BCUT2D eigenvalue weighted by molar-refractivity contribution is 7.92. The lowest BCUT2D eigenvalue weighted by Crippen LogP contribution is -2.53. The predicted molar refractivity (Wildman–Crippen MR) is 151 cm³/mol. The van der Waals surface area contributed by atoms with E-state index in [0.29, 0.717) is 22.4 Å². The lowest BCUT2D eigenvalue weighted by molar-refractivity contribution is -0.140. The number of nitrogens with zero attached hydrogens (tertiary/aromatic N) is 2. The van der Waals surface area contributed by atoms with Crippen LogP contribution in [0.15, 0.2) is 83.8 Å². The van der Waals surface area contributed by atoms with Gasteiger partial charge in [0, 0.05) is 12.6 Å². The molecule has 2 atom stereocenters. The molecule has 0 aromatic heterocycles. The zero-order valence-corrected chi connectivity index (χ0v) is 24.3. The number of hydrogen-bond donors (Lipinski definition) is 1. The van der Waals surface area contributed by atoms with Gasteiger partial charge in [0.1, 0.15) is 18.4 Å². The normalized spacial score (nSPS) is 13.2. The van der Waals surface area contributed by atoms with Gasteiger partial charge in [0.15, 0.2) is 0 Å². The fourth-order valence-electron chi connectivity index (χ4n) is 4.23. The van der Waals surface area contributed by atoms with E-state index < -0.39 is 52.0 Å². The Kier molecular flexibility index (Phi) is 10.7. The van der Waals surface area contributed by atoms with Gasteiger partial charge in [-0.25, -0.2) is 12.8 Å². The number of carbonyl (C=O) groups excluding carboxylic acids is 2. The van der Waals surface area contributed by atoms with Crippen LogP contribution >= 0.6 is 0 Å². The molecule has 2 amide bonds. The first-order chi connectivity index (χ1) is 19.8. The Balaban J connectivity index is 2.10. The van der Waals surface area contributed by atoms with E-state index in [0.717, 1.165) is 12.1 Å². The molecule has 7 nitrogen and oxygen atoms in total. The Morgan fingerprint density at radius 3 is 2.12 bits per heavy atom. The molecule has 0 heterocycles. The van der Waals surface area contributed by atoms with Crippen molar-refractivity contribution in [2.45, 2.75) is 63.3 Å². The molecule has 0 unspecified atom stereocenters. The molecule has 0 aliphatic carbocycles. The Morgan fingerprint density at radius 2 is 1.55 bits per heavy atom. The van der Waals surface area contributed by atoms with Crippen molar-refractivity contribution in [2.75, 3.05) is 10.8 Å². The van der Waals surface area contributed by atoms with Crippen LogP contribution in [-0.2, 0) is 32.3 Å². The summed E-state index contributed by atoms with van der Waals surface area (Å²) < 4.78 is 82.4. The molecule has 0 fully saturated rings. The average Bonchev–Trinajstić information content (AvgIpc) is 2.96. The van der Waals surface area contributed by atoms with Gasteiger partial charge in [-0.1, -0.05) is 50.2 Å². The number of amides is 2. The van der Waals surface area contributed by atoms with E-state index in [4.69, 9.17) is 0 Å². The number of rotatable bonds is 12. The molecule has 3 rings (SSSR count). The van der Waals surface area contributed by atoms with Gasteiger partial charge in [0.05, 0.1) is 16.1 Å². The van der Waals surface area contributed by atoms with Crippen LogP contribution in [0.5, 0.6) is 0 Å². The third-order valence-corrected chi connectivity index (χ3v) is 8.51. The molecule has 42 heavy (non-hydrogen) atoms. The molecule has 0 aliphatic heterocycles. The standard InChI is InChI=1S/C30H33F4N3O4S/c1-4-21(3)35-29(39)27(5-2)36(19-22-14-16-24(31)17-15-22)28(38)20-37(42(40,41)26-12-7-6-8-13-26)25-11-9-10-23(18-25)30(32,33)34/h6-18,21,27H,4-5,19-20H2,1-3H3,(H,35,39)/t21-,27-/m0/s1. The molecular weight excluding hydrogens is 574 g/mol. The molecule has 0 radical (unpaired) electrons. The second-order valence-corrected chi connectivity index (χ2v) is 11.6. The second kappa shape index (κ2) is 13.8. The Hall–Kier alpha value is -3.93. The first-order valence-corrected chi connectivity index (χ1v) is 14.8. The summed E-state index contributed by atoms with van der Waals surface area (Å²) in [5.74, 6) is -1.82. The number of hydrogen-bond acceptors (Lipinski definition) is 4. The van der Waals surface area contributed by atoms with E-state index in [2.05, 4.69) is 5.32 Å². The third kappa shape index (κ3) is 8.09. The van der Waals surface area contributed by atoms with Crippen LogP contribution in [0.4, 0.5) is 23.2 Å². The first-order valence-electron chi connectivity index (χ1n) is 13.4. The minimum atomic E-state index is -4.77. The van der Waals surface area contributed by atoms with Crippen LogP contribution in [-0.4, -0.2) is 43.8 Å². The topological polar surface area (TPSA) is 86.8 Å². The van der Waals surface area contributed by atoms with E-state index in [1.807, 2.05) is 6.92 Å². The predicted octanol–water partition coefficient (Wildman–Crippen LogP) is 5.76. The number of nitrogens with one attached hydrogen (secondary N) is 1. The lowest BCUT2D eigenvalue weighted by Gasteiger charge is -2.33. The zero-order valence-electron chi connectivity index (χ0n) is 23.4. The SMILES string of the molecule is CC[C@H](C)NC(=O)[C@H](CC)N(Cc1ccc(F)cc1)C(=O)CN(c1cccc(C(F)(F)F)c1)S(=O)(=O)c1ccccc1. The Bertz CT molecular complexity index is 1470. The van der Waals surface area contributed by atoms with Gasteiger partial charge in [0.2, 0.25) is 11.8 Å². The summed E-state index contributed by atoms with van der Waals surface area (Å²) in [6.07, 6.45) is -3.99. The van der Waals surface area contributed by atoms with Crippen molar-refractivity contribution in [1.29, 1.82) is 0 Å². The summed E-state index contributed by atoms with van der Waals surface area (Å²) in [6.45, 7) is 4.27. The van der Waals surface area contributed by atoms with Gasteiger partial charge < -0.3 is 10.2 Å². The van der Waals surface area contributed by atoms with Gasteiger partial charge >= 0.3 is 6.18 Å². The maximum absolute atomic E-state index is 14.0. The van der Waals surface area contributed by atoms with E-state index in [-0.39, 0.29) is 29.6 Å². The van der Waals surface area contributed by atoms with E-state index in [9.17, 15) is 35.6 Å². The summed E-state index contributed by atoms with van der Waals surface area (Å²) in [4.78, 5) is 28.1. The number of carbonyl (C=O) groups is 2. The molecular formula is C30H33F4N3O4S. The van der Waals surface area contributed by atoms with Crippen molar-refractivity contribution in [3.05, 3.63) is 95.8 Å². The molecule has 12 heteroatoms. The molecule has 0 bridgehead atoms. The second-order valence-electron chi connectivity index (χ2n) is 9.76. The number of halogens is 4. The van der Waals surface area contributed by atoms with Crippen molar-refractivity contribution < 1.29 is 35.6 Å². The van der Waals surface area contributed by atoms with Gasteiger partial charge in [-0.05, 0) is 67.8 Å².